The lowest BCUT2D eigenvalue weighted by Crippen LogP contribution is -2.36. The summed E-state index contributed by atoms with van der Waals surface area (Å²) in [6, 6.07) is 10.4. The van der Waals surface area contributed by atoms with Crippen molar-refractivity contribution < 1.29 is 9.32 Å². The van der Waals surface area contributed by atoms with E-state index in [1.807, 2.05) is 0 Å². The number of para-hydroxylation sites is 1. The van der Waals surface area contributed by atoms with E-state index in [-0.39, 0.29) is 11.9 Å². The van der Waals surface area contributed by atoms with E-state index in [9.17, 15) is 4.79 Å². The van der Waals surface area contributed by atoms with E-state index in [2.05, 4.69) is 51.5 Å². The molecule has 0 aliphatic carbocycles. The zero-order valence-electron chi connectivity index (χ0n) is 14.5. The molecule has 0 saturated carbocycles. The van der Waals surface area contributed by atoms with Gasteiger partial charge in [-0.1, -0.05) is 23.4 Å². The molecular formula is C19H22N4O2. The number of nitrogens with one attached hydrogen (secondary N) is 2. The van der Waals surface area contributed by atoms with Crippen LogP contribution in [-0.4, -0.2) is 34.0 Å². The molecule has 6 nitrogen and oxygen atoms in total. The van der Waals surface area contributed by atoms with Gasteiger partial charge in [0.05, 0.1) is 0 Å². The van der Waals surface area contributed by atoms with E-state index >= 15 is 0 Å². The van der Waals surface area contributed by atoms with Crippen molar-refractivity contribution in [1.82, 2.24) is 15.0 Å². The molecule has 0 bridgehead atoms. The Morgan fingerprint density at radius 3 is 3.08 bits per heavy atom. The van der Waals surface area contributed by atoms with E-state index in [0.29, 0.717) is 18.0 Å². The first-order chi connectivity index (χ1) is 12.1. The summed E-state index contributed by atoms with van der Waals surface area (Å²) in [4.78, 5) is 18.0. The zero-order chi connectivity index (χ0) is 17.4. The smallest absolute Gasteiger partial charge is 0.226 e. The molecule has 3 aromatic rings. The topological polar surface area (TPSA) is 74.2 Å². The quantitative estimate of drug-likeness (QED) is 0.764. The summed E-state index contributed by atoms with van der Waals surface area (Å²) in [5.74, 6) is 1.13. The lowest BCUT2D eigenvalue weighted by molar-refractivity contribution is -0.116. The number of H-pyrrole nitrogens is 1. The van der Waals surface area contributed by atoms with E-state index in [0.717, 1.165) is 19.5 Å². The molecule has 1 aromatic carbocycles. The van der Waals surface area contributed by atoms with Crippen molar-refractivity contribution >= 4 is 22.6 Å². The number of benzene rings is 1. The molecule has 2 N–H and O–H groups in total. The molecule has 0 unspecified atom stereocenters. The van der Waals surface area contributed by atoms with Gasteiger partial charge in [0.2, 0.25) is 5.91 Å². The van der Waals surface area contributed by atoms with Crippen molar-refractivity contribution in [3.8, 4) is 0 Å². The lowest BCUT2D eigenvalue weighted by atomic mass is 9.98. The second-order valence-corrected chi connectivity index (χ2v) is 6.65. The average molecular weight is 338 g/mol. The van der Waals surface area contributed by atoms with Gasteiger partial charge in [0.15, 0.2) is 5.82 Å². The third-order valence-corrected chi connectivity index (χ3v) is 4.98. The SMILES string of the molecule is Cc1cc(NC(=O)CCN2CCc3c([nH]c4ccccc34)[C@@H]2C)no1. The van der Waals surface area contributed by atoms with E-state index in [4.69, 9.17) is 4.52 Å². The first-order valence-corrected chi connectivity index (χ1v) is 8.68. The number of aryl methyl sites for hydroxylation is 1. The number of hydrogen-bond donors (Lipinski definition) is 2. The molecule has 4 rings (SSSR count). The first kappa shape index (κ1) is 15.9. The minimum absolute atomic E-state index is 0.0389. The predicted octanol–water partition coefficient (Wildman–Crippen LogP) is 3.41. The summed E-state index contributed by atoms with van der Waals surface area (Å²) in [6.45, 7) is 5.69. The molecule has 0 fully saturated rings. The zero-order valence-corrected chi connectivity index (χ0v) is 14.5. The minimum atomic E-state index is -0.0389. The summed E-state index contributed by atoms with van der Waals surface area (Å²) in [6.07, 6.45) is 1.44. The molecule has 1 aliphatic rings. The normalized spacial score (nSPS) is 17.6. The molecule has 1 amide bonds. The fourth-order valence-electron chi connectivity index (χ4n) is 3.66. The van der Waals surface area contributed by atoms with Crippen LogP contribution in [0.25, 0.3) is 10.9 Å². The molecule has 0 radical (unpaired) electrons. The van der Waals surface area contributed by atoms with E-state index in [1.165, 1.54) is 22.2 Å². The summed E-state index contributed by atoms with van der Waals surface area (Å²) < 4.78 is 4.97. The highest BCUT2D eigenvalue weighted by molar-refractivity contribution is 5.89. The summed E-state index contributed by atoms with van der Waals surface area (Å²) in [5, 5.41) is 7.90. The van der Waals surface area contributed by atoms with Gasteiger partial charge >= 0.3 is 0 Å². The fraction of sp³-hybridized carbons (Fsp3) is 0.368. The maximum absolute atomic E-state index is 12.1. The number of carbonyl (C=O) groups excluding carboxylic acids is 1. The average Bonchev–Trinajstić information content (AvgIpc) is 3.18. The van der Waals surface area contributed by atoms with Gasteiger partial charge in [-0.25, -0.2) is 0 Å². The number of aromatic amines is 1. The first-order valence-electron chi connectivity index (χ1n) is 8.68. The largest absolute Gasteiger partial charge is 0.360 e. The Morgan fingerprint density at radius 2 is 2.28 bits per heavy atom. The van der Waals surface area contributed by atoms with Crippen molar-refractivity contribution in [2.45, 2.75) is 32.7 Å². The van der Waals surface area contributed by atoms with Crippen LogP contribution >= 0.6 is 0 Å². The minimum Gasteiger partial charge on any atom is -0.360 e. The van der Waals surface area contributed by atoms with Gasteiger partial charge in [0.25, 0.3) is 0 Å². The predicted molar refractivity (Wildman–Crippen MR) is 96.5 cm³/mol. The Morgan fingerprint density at radius 1 is 1.44 bits per heavy atom. The van der Waals surface area contributed by atoms with Crippen LogP contribution in [0.5, 0.6) is 0 Å². The van der Waals surface area contributed by atoms with Crippen LogP contribution in [0.1, 0.15) is 36.4 Å². The summed E-state index contributed by atoms with van der Waals surface area (Å²) in [5.41, 5.74) is 3.89. The second kappa shape index (κ2) is 6.37. The molecule has 6 heteroatoms. The van der Waals surface area contributed by atoms with Crippen LogP contribution in [-0.2, 0) is 11.2 Å². The van der Waals surface area contributed by atoms with Crippen molar-refractivity contribution in [2.24, 2.45) is 0 Å². The molecule has 1 aliphatic heterocycles. The van der Waals surface area contributed by atoms with Crippen LogP contribution < -0.4 is 5.32 Å². The molecule has 3 heterocycles. The Balaban J connectivity index is 1.41. The van der Waals surface area contributed by atoms with Crippen molar-refractivity contribution in [2.75, 3.05) is 18.4 Å². The molecule has 2 aromatic heterocycles. The Kier molecular flexibility index (Phi) is 4.05. The number of fused-ring (bicyclic) bond motifs is 3. The monoisotopic (exact) mass is 338 g/mol. The van der Waals surface area contributed by atoms with E-state index < -0.39 is 0 Å². The van der Waals surface area contributed by atoms with Crippen LogP contribution in [0.4, 0.5) is 5.82 Å². The Bertz CT molecular complexity index is 911. The number of aromatic nitrogens is 2. The number of hydrogen-bond acceptors (Lipinski definition) is 4. The lowest BCUT2D eigenvalue weighted by Gasteiger charge is -2.33. The Hall–Kier alpha value is -2.60. The fourth-order valence-corrected chi connectivity index (χ4v) is 3.66. The highest BCUT2D eigenvalue weighted by Crippen LogP contribution is 2.34. The molecule has 0 saturated heterocycles. The highest BCUT2D eigenvalue weighted by Gasteiger charge is 2.27. The van der Waals surface area contributed by atoms with Gasteiger partial charge in [-0.2, -0.15) is 0 Å². The van der Waals surface area contributed by atoms with Gasteiger partial charge in [-0.05, 0) is 31.9 Å². The number of anilines is 1. The Labute approximate surface area is 146 Å². The third kappa shape index (κ3) is 3.05. The van der Waals surface area contributed by atoms with Gasteiger partial charge < -0.3 is 14.8 Å². The van der Waals surface area contributed by atoms with Gasteiger partial charge in [-0.3, -0.25) is 9.69 Å². The van der Waals surface area contributed by atoms with E-state index in [1.54, 1.807) is 13.0 Å². The van der Waals surface area contributed by atoms with Gasteiger partial charge in [0, 0.05) is 48.2 Å². The molecular weight excluding hydrogens is 316 g/mol. The van der Waals surface area contributed by atoms with Gasteiger partial charge in [-0.15, -0.1) is 0 Å². The van der Waals surface area contributed by atoms with Gasteiger partial charge in [0.1, 0.15) is 5.76 Å². The third-order valence-electron chi connectivity index (χ3n) is 4.98. The van der Waals surface area contributed by atoms with Crippen LogP contribution in [0.15, 0.2) is 34.9 Å². The second-order valence-electron chi connectivity index (χ2n) is 6.65. The number of amides is 1. The van der Waals surface area contributed by atoms with Crippen molar-refractivity contribution in [3.63, 3.8) is 0 Å². The van der Waals surface area contributed by atoms with Crippen LogP contribution in [0.3, 0.4) is 0 Å². The maximum atomic E-state index is 12.1. The molecule has 0 spiro atoms. The highest BCUT2D eigenvalue weighted by atomic mass is 16.5. The maximum Gasteiger partial charge on any atom is 0.226 e. The van der Waals surface area contributed by atoms with Crippen LogP contribution in [0.2, 0.25) is 0 Å². The number of rotatable bonds is 4. The summed E-state index contributed by atoms with van der Waals surface area (Å²) >= 11 is 0. The standard InChI is InChI=1S/C19H22N4O2/c1-12-11-17(22-25-12)21-18(24)8-10-23-9-7-15-14-5-3-4-6-16(14)20-19(15)13(23)2/h3-6,11,13,20H,7-10H2,1-2H3,(H,21,22,24)/t13-/m0/s1. The number of carbonyl (C=O) groups is 1. The molecule has 25 heavy (non-hydrogen) atoms. The van der Waals surface area contributed by atoms with Crippen molar-refractivity contribution in [1.29, 1.82) is 0 Å². The number of nitrogens with zero attached hydrogens (tertiary/aromatic N) is 2. The van der Waals surface area contributed by atoms with Crippen molar-refractivity contribution in [3.05, 3.63) is 47.3 Å². The summed E-state index contributed by atoms with van der Waals surface area (Å²) in [7, 11) is 0. The molecule has 1 atom stereocenters. The molecule has 130 valence electrons. The van der Waals surface area contributed by atoms with Crippen LogP contribution in [0, 0.1) is 6.92 Å².